The van der Waals surface area contributed by atoms with Crippen LogP contribution in [0.15, 0.2) is 164 Å². The van der Waals surface area contributed by atoms with Gasteiger partial charge in [0.05, 0.1) is 17.1 Å². The lowest BCUT2D eigenvalue weighted by Gasteiger charge is -2.18. The fourth-order valence-corrected chi connectivity index (χ4v) is 7.18. The summed E-state index contributed by atoms with van der Waals surface area (Å²) in [5.74, 6) is 0. The zero-order valence-electron chi connectivity index (χ0n) is 24.3. The van der Waals surface area contributed by atoms with E-state index in [1.807, 2.05) is 0 Å². The van der Waals surface area contributed by atoms with Gasteiger partial charge in [0.1, 0.15) is 0 Å². The smallest absolute Gasteiger partial charge is 0.0560 e. The van der Waals surface area contributed by atoms with Gasteiger partial charge in [0.25, 0.3) is 0 Å². The summed E-state index contributed by atoms with van der Waals surface area (Å²) in [4.78, 5) is 0. The third kappa shape index (κ3) is 3.88. The van der Waals surface area contributed by atoms with Gasteiger partial charge in [-0.1, -0.05) is 109 Å². The lowest BCUT2D eigenvalue weighted by molar-refractivity contribution is 0.648. The number of benzene rings is 6. The topological polar surface area (TPSA) is 9.86 Å². The Kier molecular flexibility index (Phi) is 5.67. The maximum Gasteiger partial charge on any atom is 0.0560 e. The Bertz CT molecular complexity index is 2420. The van der Waals surface area contributed by atoms with E-state index < -0.39 is 0 Å². The third-order valence-electron chi connectivity index (χ3n) is 9.22. The van der Waals surface area contributed by atoms with E-state index in [9.17, 15) is 0 Å². The number of hydrogen-bond acceptors (Lipinski definition) is 0. The Hall–Kier alpha value is -5.60. The SMILES string of the molecule is C1=CCC(n2c3ccccc3c3cc(-c4cccc(-c5ccc6c(c5)c5ccccc5n6-c5ccccc5)c4)ccc32)C=C1. The number of aromatic nitrogens is 2. The monoisotopic (exact) mass is 562 g/mol. The molecule has 2 heteroatoms. The molecule has 2 aromatic heterocycles. The minimum atomic E-state index is 0.333. The molecule has 2 nitrogen and oxygen atoms in total. The van der Waals surface area contributed by atoms with Gasteiger partial charge in [-0.25, -0.2) is 0 Å². The van der Waals surface area contributed by atoms with Crippen LogP contribution in [0.1, 0.15) is 12.5 Å². The molecule has 44 heavy (non-hydrogen) atoms. The second-order valence-corrected chi connectivity index (χ2v) is 11.7. The quantitative estimate of drug-likeness (QED) is 0.202. The van der Waals surface area contributed by atoms with Gasteiger partial charge < -0.3 is 9.13 Å². The Labute approximate surface area is 256 Å². The normalized spacial score (nSPS) is 14.8. The summed E-state index contributed by atoms with van der Waals surface area (Å²) in [6.45, 7) is 0. The number of rotatable bonds is 4. The third-order valence-corrected chi connectivity index (χ3v) is 9.22. The lowest BCUT2D eigenvalue weighted by atomic mass is 9.97. The highest BCUT2D eigenvalue weighted by Gasteiger charge is 2.18. The molecule has 0 saturated heterocycles. The molecule has 2 heterocycles. The van der Waals surface area contributed by atoms with E-state index in [1.54, 1.807) is 0 Å². The minimum Gasteiger partial charge on any atom is -0.333 e. The number of nitrogens with zero attached hydrogens (tertiary/aromatic N) is 2. The van der Waals surface area contributed by atoms with Gasteiger partial charge in [0.2, 0.25) is 0 Å². The molecule has 0 fully saturated rings. The van der Waals surface area contributed by atoms with Crippen molar-refractivity contribution < 1.29 is 0 Å². The highest BCUT2D eigenvalue weighted by atomic mass is 15.0. The van der Waals surface area contributed by atoms with Crippen molar-refractivity contribution in [1.82, 2.24) is 9.13 Å². The highest BCUT2D eigenvalue weighted by Crippen LogP contribution is 2.38. The maximum atomic E-state index is 2.51. The number of allylic oxidation sites excluding steroid dienone is 4. The Morgan fingerprint density at radius 1 is 0.432 bits per heavy atom. The van der Waals surface area contributed by atoms with Crippen LogP contribution in [0, 0.1) is 0 Å². The molecule has 0 bridgehead atoms. The van der Waals surface area contributed by atoms with Crippen LogP contribution >= 0.6 is 0 Å². The summed E-state index contributed by atoms with van der Waals surface area (Å²) in [7, 11) is 0. The summed E-state index contributed by atoms with van der Waals surface area (Å²) in [5.41, 5.74) is 11.1. The first-order valence-corrected chi connectivity index (χ1v) is 15.4. The molecule has 6 aromatic carbocycles. The molecule has 1 unspecified atom stereocenters. The fraction of sp³-hybridized carbons (Fsp3) is 0.0476. The van der Waals surface area contributed by atoms with Gasteiger partial charge in [0.15, 0.2) is 0 Å². The molecule has 8 aromatic rings. The average Bonchev–Trinajstić information content (AvgIpc) is 3.61. The van der Waals surface area contributed by atoms with Crippen molar-refractivity contribution in [2.24, 2.45) is 0 Å². The summed E-state index contributed by atoms with van der Waals surface area (Å²) in [6.07, 6.45) is 9.92. The molecule has 208 valence electrons. The van der Waals surface area contributed by atoms with Gasteiger partial charge in [0, 0.05) is 38.3 Å². The van der Waals surface area contributed by atoms with Crippen LogP contribution in [-0.2, 0) is 0 Å². The van der Waals surface area contributed by atoms with Crippen LogP contribution in [0.2, 0.25) is 0 Å². The Balaban J connectivity index is 1.17. The first-order valence-electron chi connectivity index (χ1n) is 15.4. The maximum absolute atomic E-state index is 2.51. The second kappa shape index (κ2) is 10.00. The largest absolute Gasteiger partial charge is 0.333 e. The molecule has 1 atom stereocenters. The first kappa shape index (κ1) is 24.9. The van der Waals surface area contributed by atoms with Crippen LogP contribution in [0.3, 0.4) is 0 Å². The summed E-state index contributed by atoms with van der Waals surface area (Å²) in [6, 6.07) is 51.4. The van der Waals surface area contributed by atoms with Crippen LogP contribution in [0.5, 0.6) is 0 Å². The number of hydrogen-bond donors (Lipinski definition) is 0. The van der Waals surface area contributed by atoms with Crippen LogP contribution in [0.4, 0.5) is 0 Å². The lowest BCUT2D eigenvalue weighted by Crippen LogP contribution is -2.06. The minimum absolute atomic E-state index is 0.333. The summed E-state index contributed by atoms with van der Waals surface area (Å²) < 4.78 is 4.88. The van der Waals surface area contributed by atoms with E-state index in [0.29, 0.717) is 6.04 Å². The molecule has 0 saturated carbocycles. The van der Waals surface area contributed by atoms with Gasteiger partial charge in [-0.2, -0.15) is 0 Å². The summed E-state index contributed by atoms with van der Waals surface area (Å²) in [5, 5.41) is 5.16. The van der Waals surface area contributed by atoms with Gasteiger partial charge >= 0.3 is 0 Å². The molecule has 0 aliphatic heterocycles. The molecular formula is C42H30N2. The van der Waals surface area contributed by atoms with Crippen molar-refractivity contribution >= 4 is 43.6 Å². The Morgan fingerprint density at radius 2 is 1.00 bits per heavy atom. The first-order chi connectivity index (χ1) is 21.8. The van der Waals surface area contributed by atoms with E-state index in [2.05, 4.69) is 173 Å². The predicted octanol–water partition coefficient (Wildman–Crippen LogP) is 11.3. The molecular weight excluding hydrogens is 532 g/mol. The van der Waals surface area contributed by atoms with Crippen LogP contribution < -0.4 is 0 Å². The van der Waals surface area contributed by atoms with Crippen molar-refractivity contribution in [2.75, 3.05) is 0 Å². The van der Waals surface area contributed by atoms with Crippen molar-refractivity contribution in [3.05, 3.63) is 164 Å². The predicted molar refractivity (Wildman–Crippen MR) is 187 cm³/mol. The molecule has 0 spiro atoms. The molecule has 0 amide bonds. The van der Waals surface area contributed by atoms with E-state index in [1.165, 1.54) is 71.6 Å². The van der Waals surface area contributed by atoms with Crippen molar-refractivity contribution in [1.29, 1.82) is 0 Å². The average molecular weight is 563 g/mol. The molecule has 0 N–H and O–H groups in total. The number of para-hydroxylation sites is 3. The standard InChI is InChI=1S/C42H30N2/c1-3-14-33(15-4-1)43-39-20-9-7-18-35(39)37-27-31(22-24-41(37)43)29-12-11-13-30(26-29)32-23-25-42-38(28-32)36-19-8-10-21-40(36)44(42)34-16-5-2-6-17-34/h1-16,18-28,34H,17H2. The van der Waals surface area contributed by atoms with Crippen LogP contribution in [0.25, 0.3) is 71.6 Å². The molecule has 0 radical (unpaired) electrons. The van der Waals surface area contributed by atoms with E-state index in [0.717, 1.165) is 6.42 Å². The molecule has 9 rings (SSSR count). The van der Waals surface area contributed by atoms with Gasteiger partial charge in [-0.15, -0.1) is 0 Å². The second-order valence-electron chi connectivity index (χ2n) is 11.7. The van der Waals surface area contributed by atoms with Gasteiger partial charge in [-0.3, -0.25) is 0 Å². The van der Waals surface area contributed by atoms with Crippen molar-refractivity contribution in [3.63, 3.8) is 0 Å². The van der Waals surface area contributed by atoms with Crippen molar-refractivity contribution in [2.45, 2.75) is 12.5 Å². The number of fused-ring (bicyclic) bond motifs is 6. The summed E-state index contributed by atoms with van der Waals surface area (Å²) >= 11 is 0. The van der Waals surface area contributed by atoms with E-state index in [4.69, 9.17) is 0 Å². The highest BCUT2D eigenvalue weighted by molar-refractivity contribution is 6.11. The van der Waals surface area contributed by atoms with E-state index >= 15 is 0 Å². The van der Waals surface area contributed by atoms with E-state index in [-0.39, 0.29) is 0 Å². The Morgan fingerprint density at radius 3 is 1.73 bits per heavy atom. The zero-order valence-corrected chi connectivity index (χ0v) is 24.3. The van der Waals surface area contributed by atoms with Gasteiger partial charge in [-0.05, 0) is 83.3 Å². The van der Waals surface area contributed by atoms with Crippen LogP contribution in [-0.4, -0.2) is 9.13 Å². The molecule has 1 aliphatic carbocycles. The van der Waals surface area contributed by atoms with Crippen molar-refractivity contribution in [3.8, 4) is 27.9 Å². The zero-order chi connectivity index (χ0) is 29.0. The molecule has 1 aliphatic rings. The fourth-order valence-electron chi connectivity index (χ4n) is 7.18.